The third-order valence-corrected chi connectivity index (χ3v) is 3.16. The lowest BCUT2D eigenvalue weighted by molar-refractivity contribution is 0.603. The lowest BCUT2D eigenvalue weighted by Crippen LogP contribution is -2.07. The van der Waals surface area contributed by atoms with Crippen LogP contribution in [-0.2, 0) is 19.5 Å². The van der Waals surface area contributed by atoms with Crippen molar-refractivity contribution in [3.63, 3.8) is 0 Å². The largest absolute Gasteiger partial charge is 0.314 e. The fourth-order valence-corrected chi connectivity index (χ4v) is 2.18. The Hall–Kier alpha value is -1.13. The molecule has 0 aromatic carbocycles. The first-order valence-electron chi connectivity index (χ1n) is 5.08. The number of hydrogen-bond acceptors (Lipinski definition) is 3. The molecule has 0 bridgehead atoms. The molecule has 0 saturated carbocycles. The molecule has 0 amide bonds. The van der Waals surface area contributed by atoms with E-state index in [1.54, 1.807) is 11.3 Å². The molecule has 4 heteroatoms. The van der Waals surface area contributed by atoms with Crippen LogP contribution in [0.2, 0.25) is 0 Å². The summed E-state index contributed by atoms with van der Waals surface area (Å²) in [5.74, 6) is 0. The third-order valence-electron chi connectivity index (χ3n) is 2.22. The van der Waals surface area contributed by atoms with Crippen molar-refractivity contribution in [2.45, 2.75) is 19.5 Å². The van der Waals surface area contributed by atoms with E-state index in [2.05, 4.69) is 34.0 Å². The Morgan fingerprint density at radius 2 is 2.40 bits per heavy atom. The lowest BCUT2D eigenvalue weighted by Gasteiger charge is -1.99. The van der Waals surface area contributed by atoms with Crippen molar-refractivity contribution in [1.82, 2.24) is 15.1 Å². The monoisotopic (exact) mass is 221 g/mol. The van der Waals surface area contributed by atoms with Gasteiger partial charge in [0.25, 0.3) is 0 Å². The quantitative estimate of drug-likeness (QED) is 0.836. The summed E-state index contributed by atoms with van der Waals surface area (Å²) in [4.78, 5) is 1.42. The minimum absolute atomic E-state index is 0.839. The molecule has 0 radical (unpaired) electrons. The Kier molecular flexibility index (Phi) is 3.53. The molecule has 1 N–H and O–H groups in total. The van der Waals surface area contributed by atoms with Crippen molar-refractivity contribution in [1.29, 1.82) is 0 Å². The van der Waals surface area contributed by atoms with Crippen LogP contribution in [0.5, 0.6) is 0 Å². The number of hydrogen-bond donors (Lipinski definition) is 1. The standard InChI is InChI=1S/C11H15N3S/c1-12-9-10-4-6-14(13-10)7-5-11-3-2-8-15-11/h2-4,6,8,12H,5,7,9H2,1H3. The average Bonchev–Trinajstić information content (AvgIpc) is 2.85. The summed E-state index contributed by atoms with van der Waals surface area (Å²) in [6.07, 6.45) is 3.11. The van der Waals surface area contributed by atoms with Crippen LogP contribution in [-0.4, -0.2) is 16.8 Å². The van der Waals surface area contributed by atoms with Crippen LogP contribution in [0, 0.1) is 0 Å². The topological polar surface area (TPSA) is 29.9 Å². The molecule has 0 unspecified atom stereocenters. The van der Waals surface area contributed by atoms with Gasteiger partial charge in [-0.2, -0.15) is 5.10 Å². The van der Waals surface area contributed by atoms with Crippen LogP contribution in [0.3, 0.4) is 0 Å². The predicted molar refractivity (Wildman–Crippen MR) is 63.0 cm³/mol. The van der Waals surface area contributed by atoms with Gasteiger partial charge in [0, 0.05) is 30.6 Å². The van der Waals surface area contributed by atoms with Crippen molar-refractivity contribution in [3.05, 3.63) is 40.3 Å². The van der Waals surface area contributed by atoms with E-state index in [1.165, 1.54) is 4.88 Å². The van der Waals surface area contributed by atoms with Crippen molar-refractivity contribution < 1.29 is 0 Å². The number of nitrogens with one attached hydrogen (secondary N) is 1. The SMILES string of the molecule is CNCc1ccn(CCc2cccs2)n1. The number of rotatable bonds is 5. The molecule has 0 fully saturated rings. The van der Waals surface area contributed by atoms with Crippen molar-refractivity contribution in [2.24, 2.45) is 0 Å². The predicted octanol–water partition coefficient (Wildman–Crippen LogP) is 1.91. The zero-order valence-electron chi connectivity index (χ0n) is 8.81. The summed E-state index contributed by atoms with van der Waals surface area (Å²) in [5.41, 5.74) is 1.10. The molecule has 0 atom stereocenters. The molecule has 80 valence electrons. The van der Waals surface area contributed by atoms with E-state index in [1.807, 2.05) is 17.9 Å². The molecular formula is C11H15N3S. The van der Waals surface area contributed by atoms with Gasteiger partial charge >= 0.3 is 0 Å². The van der Waals surface area contributed by atoms with Gasteiger partial charge in [-0.1, -0.05) is 6.07 Å². The van der Waals surface area contributed by atoms with Gasteiger partial charge in [-0.15, -0.1) is 11.3 Å². The number of aryl methyl sites for hydroxylation is 2. The molecule has 0 aliphatic heterocycles. The normalized spacial score (nSPS) is 10.7. The molecule has 3 nitrogen and oxygen atoms in total. The molecule has 0 saturated heterocycles. The highest BCUT2D eigenvalue weighted by atomic mass is 32.1. The zero-order valence-corrected chi connectivity index (χ0v) is 9.63. The van der Waals surface area contributed by atoms with Gasteiger partial charge in [0.1, 0.15) is 0 Å². The summed E-state index contributed by atoms with van der Waals surface area (Å²) in [7, 11) is 1.94. The van der Waals surface area contributed by atoms with Gasteiger partial charge in [-0.25, -0.2) is 0 Å². The van der Waals surface area contributed by atoms with E-state index < -0.39 is 0 Å². The van der Waals surface area contributed by atoms with Gasteiger partial charge in [-0.3, -0.25) is 4.68 Å². The zero-order chi connectivity index (χ0) is 10.5. The fraction of sp³-hybridized carbons (Fsp3) is 0.364. The minimum Gasteiger partial charge on any atom is -0.314 e. The third kappa shape index (κ3) is 2.91. The summed E-state index contributed by atoms with van der Waals surface area (Å²) < 4.78 is 2.01. The first-order chi connectivity index (χ1) is 7.38. The second-order valence-electron chi connectivity index (χ2n) is 3.43. The smallest absolute Gasteiger partial charge is 0.0762 e. The second kappa shape index (κ2) is 5.09. The molecule has 0 spiro atoms. The van der Waals surface area contributed by atoms with Gasteiger partial charge < -0.3 is 5.32 Å². The van der Waals surface area contributed by atoms with Crippen LogP contribution < -0.4 is 5.32 Å². The average molecular weight is 221 g/mol. The highest BCUT2D eigenvalue weighted by Crippen LogP contribution is 2.09. The van der Waals surface area contributed by atoms with Gasteiger partial charge in [0.2, 0.25) is 0 Å². The summed E-state index contributed by atoms with van der Waals surface area (Å²) in [6.45, 7) is 1.80. The fourth-order valence-electron chi connectivity index (χ4n) is 1.48. The molecule has 15 heavy (non-hydrogen) atoms. The van der Waals surface area contributed by atoms with Crippen molar-refractivity contribution in [2.75, 3.05) is 7.05 Å². The summed E-state index contributed by atoms with van der Waals surface area (Å²) >= 11 is 1.81. The summed E-state index contributed by atoms with van der Waals surface area (Å²) in [5, 5.41) is 9.67. The summed E-state index contributed by atoms with van der Waals surface area (Å²) in [6, 6.07) is 6.32. The van der Waals surface area contributed by atoms with Crippen LogP contribution in [0.15, 0.2) is 29.8 Å². The maximum Gasteiger partial charge on any atom is 0.0762 e. The lowest BCUT2D eigenvalue weighted by atomic mass is 10.3. The number of nitrogens with zero attached hydrogens (tertiary/aromatic N) is 2. The van der Waals surface area contributed by atoms with Crippen LogP contribution >= 0.6 is 11.3 Å². The van der Waals surface area contributed by atoms with Crippen LogP contribution in [0.1, 0.15) is 10.6 Å². The van der Waals surface area contributed by atoms with E-state index in [0.29, 0.717) is 0 Å². The van der Waals surface area contributed by atoms with Crippen LogP contribution in [0.4, 0.5) is 0 Å². The number of aromatic nitrogens is 2. The Labute approximate surface area is 93.7 Å². The van der Waals surface area contributed by atoms with E-state index in [4.69, 9.17) is 0 Å². The van der Waals surface area contributed by atoms with Gasteiger partial charge in [0.15, 0.2) is 0 Å². The highest BCUT2D eigenvalue weighted by Gasteiger charge is 1.98. The highest BCUT2D eigenvalue weighted by molar-refractivity contribution is 7.09. The van der Waals surface area contributed by atoms with Gasteiger partial charge in [-0.05, 0) is 24.6 Å². The Balaban J connectivity index is 1.88. The van der Waals surface area contributed by atoms with Crippen molar-refractivity contribution in [3.8, 4) is 0 Å². The Morgan fingerprint density at radius 3 is 3.13 bits per heavy atom. The molecule has 2 aromatic heterocycles. The Bertz CT molecular complexity index is 392. The minimum atomic E-state index is 0.839. The van der Waals surface area contributed by atoms with E-state index >= 15 is 0 Å². The van der Waals surface area contributed by atoms with E-state index in [-0.39, 0.29) is 0 Å². The van der Waals surface area contributed by atoms with Crippen molar-refractivity contribution >= 4 is 11.3 Å². The van der Waals surface area contributed by atoms with Gasteiger partial charge in [0.05, 0.1) is 5.69 Å². The second-order valence-corrected chi connectivity index (χ2v) is 4.46. The Morgan fingerprint density at radius 1 is 1.47 bits per heavy atom. The van der Waals surface area contributed by atoms with Crippen LogP contribution in [0.25, 0.3) is 0 Å². The maximum absolute atomic E-state index is 4.46. The first-order valence-corrected chi connectivity index (χ1v) is 5.96. The molecule has 0 aliphatic rings. The molecule has 2 heterocycles. The molecule has 2 rings (SSSR count). The number of thiophene rings is 1. The molecule has 2 aromatic rings. The van der Waals surface area contributed by atoms with E-state index in [9.17, 15) is 0 Å². The molecule has 0 aliphatic carbocycles. The maximum atomic E-state index is 4.46. The van der Waals surface area contributed by atoms with E-state index in [0.717, 1.165) is 25.2 Å². The molecular weight excluding hydrogens is 206 g/mol. The first kappa shape index (κ1) is 10.4.